The molecule has 14 heavy (non-hydrogen) atoms. The predicted molar refractivity (Wildman–Crippen MR) is 59.6 cm³/mol. The molecular weight excluding hydrogens is 196 g/mol. The van der Waals surface area contributed by atoms with E-state index in [0.29, 0.717) is 6.54 Å². The number of carbonyl (C=O) groups is 1. The molecular formula is C10H16N2OS. The third kappa shape index (κ3) is 3.12. The zero-order chi connectivity index (χ0) is 10.6. The maximum atomic E-state index is 10.9. The van der Waals surface area contributed by atoms with E-state index in [-0.39, 0.29) is 5.91 Å². The zero-order valence-electron chi connectivity index (χ0n) is 8.81. The molecule has 1 amide bonds. The number of likely N-dealkylation sites (N-methyl/N-ethyl adjacent to an activating group) is 1. The van der Waals surface area contributed by atoms with Gasteiger partial charge in [0.25, 0.3) is 0 Å². The maximum absolute atomic E-state index is 10.9. The van der Waals surface area contributed by atoms with Gasteiger partial charge in [0.05, 0.1) is 6.54 Å². The summed E-state index contributed by atoms with van der Waals surface area (Å²) in [6.07, 6.45) is 0. The summed E-state index contributed by atoms with van der Waals surface area (Å²) in [5.41, 5.74) is 1.33. The van der Waals surface area contributed by atoms with Crippen molar-refractivity contribution < 1.29 is 4.79 Å². The van der Waals surface area contributed by atoms with E-state index in [2.05, 4.69) is 30.5 Å². The van der Waals surface area contributed by atoms with Gasteiger partial charge in [-0.05, 0) is 25.5 Å². The largest absolute Gasteiger partial charge is 0.358 e. The van der Waals surface area contributed by atoms with Gasteiger partial charge in [0.1, 0.15) is 0 Å². The second-order valence-corrected chi connectivity index (χ2v) is 4.57. The summed E-state index contributed by atoms with van der Waals surface area (Å²) in [4.78, 5) is 13.5. The van der Waals surface area contributed by atoms with Crippen LogP contribution in [0.15, 0.2) is 6.07 Å². The van der Waals surface area contributed by atoms with Crippen LogP contribution in [0, 0.1) is 13.8 Å². The summed E-state index contributed by atoms with van der Waals surface area (Å²) in [5.74, 6) is 0.0231. The number of hydrogen-bond donors (Lipinski definition) is 2. The van der Waals surface area contributed by atoms with E-state index in [1.54, 1.807) is 18.4 Å². The molecule has 1 aromatic heterocycles. The van der Waals surface area contributed by atoms with Crippen LogP contribution in [0.5, 0.6) is 0 Å². The van der Waals surface area contributed by atoms with Crippen molar-refractivity contribution in [1.29, 1.82) is 0 Å². The monoisotopic (exact) mass is 212 g/mol. The fourth-order valence-electron chi connectivity index (χ4n) is 1.12. The first-order valence-electron chi connectivity index (χ1n) is 4.60. The Kier molecular flexibility index (Phi) is 4.10. The molecule has 4 heteroatoms. The van der Waals surface area contributed by atoms with Crippen LogP contribution >= 0.6 is 11.3 Å². The van der Waals surface area contributed by atoms with Crippen LogP contribution in [-0.4, -0.2) is 19.5 Å². The van der Waals surface area contributed by atoms with Crippen molar-refractivity contribution in [2.75, 3.05) is 13.6 Å². The normalized spacial score (nSPS) is 10.2. The fraction of sp³-hybridized carbons (Fsp3) is 0.500. The molecule has 0 aliphatic heterocycles. The molecule has 0 fully saturated rings. The van der Waals surface area contributed by atoms with Crippen LogP contribution in [0.25, 0.3) is 0 Å². The maximum Gasteiger partial charge on any atom is 0.233 e. The van der Waals surface area contributed by atoms with Crippen LogP contribution in [0.3, 0.4) is 0 Å². The lowest BCUT2D eigenvalue weighted by Crippen LogP contribution is -2.30. The van der Waals surface area contributed by atoms with Crippen LogP contribution in [0.2, 0.25) is 0 Å². The van der Waals surface area contributed by atoms with Crippen molar-refractivity contribution in [2.45, 2.75) is 20.4 Å². The predicted octanol–water partition coefficient (Wildman–Crippen LogP) is 1.20. The van der Waals surface area contributed by atoms with Crippen molar-refractivity contribution in [3.8, 4) is 0 Å². The van der Waals surface area contributed by atoms with E-state index in [4.69, 9.17) is 0 Å². The van der Waals surface area contributed by atoms with Gasteiger partial charge in [-0.25, -0.2) is 0 Å². The van der Waals surface area contributed by atoms with Gasteiger partial charge in [0.2, 0.25) is 5.91 Å². The third-order valence-corrected chi connectivity index (χ3v) is 3.23. The summed E-state index contributed by atoms with van der Waals surface area (Å²) in [7, 11) is 1.64. The lowest BCUT2D eigenvalue weighted by atomic mass is 10.3. The lowest BCUT2D eigenvalue weighted by Gasteiger charge is -2.00. The summed E-state index contributed by atoms with van der Waals surface area (Å²) in [6, 6.07) is 2.16. The van der Waals surface area contributed by atoms with Gasteiger partial charge in [0.15, 0.2) is 0 Å². The number of nitrogens with one attached hydrogen (secondary N) is 2. The molecule has 0 aromatic carbocycles. The Balaban J connectivity index is 2.35. The minimum atomic E-state index is 0.0231. The van der Waals surface area contributed by atoms with E-state index in [1.807, 2.05) is 0 Å². The van der Waals surface area contributed by atoms with Crippen molar-refractivity contribution in [3.63, 3.8) is 0 Å². The molecule has 1 heterocycles. The van der Waals surface area contributed by atoms with Crippen LogP contribution in [0.4, 0.5) is 0 Å². The Morgan fingerprint density at radius 3 is 2.71 bits per heavy atom. The van der Waals surface area contributed by atoms with Crippen molar-refractivity contribution in [2.24, 2.45) is 0 Å². The van der Waals surface area contributed by atoms with Crippen molar-refractivity contribution >= 4 is 17.2 Å². The van der Waals surface area contributed by atoms with E-state index in [9.17, 15) is 4.79 Å². The minimum Gasteiger partial charge on any atom is -0.358 e. The summed E-state index contributed by atoms with van der Waals surface area (Å²) in [5, 5.41) is 5.66. The smallest absolute Gasteiger partial charge is 0.233 e. The van der Waals surface area contributed by atoms with E-state index < -0.39 is 0 Å². The molecule has 78 valence electrons. The summed E-state index contributed by atoms with van der Waals surface area (Å²) < 4.78 is 0. The van der Waals surface area contributed by atoms with Gasteiger partial charge in [-0.2, -0.15) is 0 Å². The lowest BCUT2D eigenvalue weighted by molar-refractivity contribution is -0.119. The van der Waals surface area contributed by atoms with Gasteiger partial charge in [0, 0.05) is 23.3 Å². The first-order valence-corrected chi connectivity index (χ1v) is 5.42. The highest BCUT2D eigenvalue weighted by molar-refractivity contribution is 7.12. The molecule has 0 bridgehead atoms. The number of carbonyl (C=O) groups excluding carboxylic acids is 1. The molecule has 0 saturated heterocycles. The van der Waals surface area contributed by atoms with Crippen LogP contribution < -0.4 is 10.6 Å². The molecule has 0 aliphatic carbocycles. The van der Waals surface area contributed by atoms with Gasteiger partial charge in [-0.1, -0.05) is 0 Å². The Labute approximate surface area is 88.5 Å². The molecule has 0 atom stereocenters. The molecule has 1 rings (SSSR count). The Morgan fingerprint density at radius 2 is 2.21 bits per heavy atom. The summed E-state index contributed by atoms with van der Waals surface area (Å²) >= 11 is 1.78. The molecule has 0 unspecified atom stereocenters. The number of rotatable bonds is 4. The number of thiophene rings is 1. The number of amides is 1. The minimum absolute atomic E-state index is 0.0231. The first kappa shape index (κ1) is 11.2. The molecule has 0 radical (unpaired) electrons. The molecule has 3 nitrogen and oxygen atoms in total. The Morgan fingerprint density at radius 1 is 1.50 bits per heavy atom. The highest BCUT2D eigenvalue weighted by Crippen LogP contribution is 2.19. The zero-order valence-corrected chi connectivity index (χ0v) is 9.62. The molecule has 0 spiro atoms. The van der Waals surface area contributed by atoms with E-state index in [0.717, 1.165) is 6.54 Å². The second-order valence-electron chi connectivity index (χ2n) is 3.23. The molecule has 0 aliphatic rings. The SMILES string of the molecule is CNC(=O)CNCc1cc(C)c(C)s1. The van der Waals surface area contributed by atoms with Gasteiger partial charge in [-0.15, -0.1) is 11.3 Å². The fourth-order valence-corrected chi connectivity index (χ4v) is 2.15. The standard InChI is InChI=1S/C10H16N2OS/c1-7-4-9(14-8(7)2)5-12-6-10(13)11-3/h4,12H,5-6H2,1-3H3,(H,11,13). The average Bonchev–Trinajstić information content (AvgIpc) is 2.46. The van der Waals surface area contributed by atoms with E-state index in [1.165, 1.54) is 15.3 Å². The third-order valence-electron chi connectivity index (χ3n) is 2.08. The Hall–Kier alpha value is -0.870. The average molecular weight is 212 g/mol. The Bertz CT molecular complexity index is 300. The van der Waals surface area contributed by atoms with Crippen molar-refractivity contribution in [1.82, 2.24) is 10.6 Å². The molecule has 0 saturated carbocycles. The van der Waals surface area contributed by atoms with Gasteiger partial charge in [-0.3, -0.25) is 4.79 Å². The van der Waals surface area contributed by atoms with E-state index >= 15 is 0 Å². The highest BCUT2D eigenvalue weighted by Gasteiger charge is 2.02. The van der Waals surface area contributed by atoms with Crippen molar-refractivity contribution in [3.05, 3.63) is 21.4 Å². The molecule has 1 aromatic rings. The topological polar surface area (TPSA) is 41.1 Å². The summed E-state index contributed by atoms with van der Waals surface area (Å²) in [6.45, 7) is 5.37. The molecule has 2 N–H and O–H groups in total. The second kappa shape index (κ2) is 5.12. The number of hydrogen-bond acceptors (Lipinski definition) is 3. The quantitative estimate of drug-likeness (QED) is 0.787. The van der Waals surface area contributed by atoms with Crippen LogP contribution in [-0.2, 0) is 11.3 Å². The van der Waals surface area contributed by atoms with Crippen LogP contribution in [0.1, 0.15) is 15.3 Å². The van der Waals surface area contributed by atoms with Gasteiger partial charge < -0.3 is 10.6 Å². The first-order chi connectivity index (χ1) is 6.63. The number of aryl methyl sites for hydroxylation is 2. The highest BCUT2D eigenvalue weighted by atomic mass is 32.1. The van der Waals surface area contributed by atoms with Gasteiger partial charge >= 0.3 is 0 Å².